The van der Waals surface area contributed by atoms with Crippen LogP contribution in [-0.2, 0) is 10.0 Å². The number of aromatic nitrogens is 2. The Hall–Kier alpha value is -3.24. The monoisotopic (exact) mass is 445 g/mol. The van der Waals surface area contributed by atoms with E-state index < -0.39 is 15.8 Å². The number of para-hydroxylation sites is 2. The molecule has 4 rings (SSSR count). The lowest BCUT2D eigenvalue weighted by atomic mass is 10.2. The molecule has 0 amide bonds. The number of nitrogens with one attached hydrogen (secondary N) is 1. The van der Waals surface area contributed by atoms with Gasteiger partial charge in [0.05, 0.1) is 17.7 Å². The van der Waals surface area contributed by atoms with Crippen molar-refractivity contribution in [1.82, 2.24) is 10.1 Å². The second kappa shape index (κ2) is 7.88. The highest BCUT2D eigenvalue weighted by molar-refractivity contribution is 7.93. The topological polar surface area (TPSA) is 94.3 Å². The summed E-state index contributed by atoms with van der Waals surface area (Å²) in [5.74, 6) is 0.362. The van der Waals surface area contributed by atoms with Crippen molar-refractivity contribution >= 4 is 27.0 Å². The van der Waals surface area contributed by atoms with Gasteiger partial charge in [-0.15, -0.1) is 11.3 Å². The van der Waals surface area contributed by atoms with Crippen LogP contribution in [0.15, 0.2) is 64.0 Å². The molecule has 0 saturated heterocycles. The lowest BCUT2D eigenvalue weighted by Crippen LogP contribution is -2.13. The number of rotatable bonds is 6. The molecule has 0 fully saturated rings. The van der Waals surface area contributed by atoms with Gasteiger partial charge in [-0.1, -0.05) is 29.4 Å². The molecule has 2 aromatic carbocycles. The van der Waals surface area contributed by atoms with E-state index in [4.69, 9.17) is 9.26 Å². The minimum absolute atomic E-state index is 0.0962. The fourth-order valence-corrected chi connectivity index (χ4v) is 5.42. The molecule has 0 atom stereocenters. The van der Waals surface area contributed by atoms with Crippen molar-refractivity contribution < 1.29 is 22.1 Å². The van der Waals surface area contributed by atoms with Gasteiger partial charge in [-0.25, -0.2) is 12.8 Å². The quantitative estimate of drug-likeness (QED) is 0.461. The van der Waals surface area contributed by atoms with E-state index >= 15 is 0 Å². The molecule has 0 saturated carbocycles. The number of aryl methyl sites for hydroxylation is 1. The van der Waals surface area contributed by atoms with E-state index in [0.717, 1.165) is 0 Å². The Morgan fingerprint density at radius 1 is 1.13 bits per heavy atom. The van der Waals surface area contributed by atoms with Crippen LogP contribution in [0.1, 0.15) is 4.88 Å². The summed E-state index contributed by atoms with van der Waals surface area (Å²) >= 11 is 1.21. The number of sulfonamides is 1. The van der Waals surface area contributed by atoms with E-state index in [9.17, 15) is 12.8 Å². The Morgan fingerprint density at radius 2 is 1.93 bits per heavy atom. The first-order valence-corrected chi connectivity index (χ1v) is 11.0. The van der Waals surface area contributed by atoms with E-state index in [2.05, 4.69) is 14.9 Å². The molecular weight excluding hydrogens is 429 g/mol. The summed E-state index contributed by atoms with van der Waals surface area (Å²) < 4.78 is 52.3. The summed E-state index contributed by atoms with van der Waals surface area (Å²) in [6.45, 7) is 1.69. The number of benzene rings is 2. The molecule has 0 unspecified atom stereocenters. The summed E-state index contributed by atoms with van der Waals surface area (Å²) in [5.41, 5.74) is 0.794. The van der Waals surface area contributed by atoms with Crippen LogP contribution in [0.5, 0.6) is 5.75 Å². The average molecular weight is 445 g/mol. The maximum Gasteiger partial charge on any atom is 0.268 e. The second-order valence-electron chi connectivity index (χ2n) is 6.27. The highest BCUT2D eigenvalue weighted by Gasteiger charge is 2.24. The molecular formula is C20H16FN3O4S2. The number of halogens is 1. The molecule has 2 heterocycles. The Kier molecular flexibility index (Phi) is 5.27. The molecule has 10 heteroatoms. The van der Waals surface area contributed by atoms with Crippen molar-refractivity contribution in [2.75, 3.05) is 11.8 Å². The molecule has 0 bridgehead atoms. The molecule has 0 aliphatic carbocycles. The molecule has 30 heavy (non-hydrogen) atoms. The molecule has 1 N–H and O–H groups in total. The van der Waals surface area contributed by atoms with Gasteiger partial charge in [-0.3, -0.25) is 4.72 Å². The van der Waals surface area contributed by atoms with Crippen LogP contribution in [0.25, 0.3) is 22.2 Å². The van der Waals surface area contributed by atoms with Crippen LogP contribution < -0.4 is 9.46 Å². The number of hydrogen-bond donors (Lipinski definition) is 1. The number of anilines is 1. The van der Waals surface area contributed by atoms with Crippen molar-refractivity contribution in [3.8, 4) is 27.9 Å². The Balaban J connectivity index is 1.65. The largest absolute Gasteiger partial charge is 0.495 e. The molecule has 0 aliphatic rings. The number of nitrogens with zero attached hydrogens (tertiary/aromatic N) is 2. The molecule has 0 radical (unpaired) electrons. The van der Waals surface area contributed by atoms with Crippen LogP contribution in [0.2, 0.25) is 0 Å². The van der Waals surface area contributed by atoms with E-state index in [0.29, 0.717) is 26.8 Å². The van der Waals surface area contributed by atoms with Crippen molar-refractivity contribution in [1.29, 1.82) is 0 Å². The summed E-state index contributed by atoms with van der Waals surface area (Å²) in [6.07, 6.45) is 0. The van der Waals surface area contributed by atoms with E-state index in [1.165, 1.54) is 36.6 Å². The van der Waals surface area contributed by atoms with Crippen LogP contribution in [-0.4, -0.2) is 25.7 Å². The van der Waals surface area contributed by atoms with Crippen molar-refractivity contribution in [3.05, 3.63) is 65.3 Å². The van der Waals surface area contributed by atoms with E-state index in [1.54, 1.807) is 43.3 Å². The number of methoxy groups -OCH3 is 1. The Morgan fingerprint density at radius 3 is 2.70 bits per heavy atom. The van der Waals surface area contributed by atoms with Gasteiger partial charge in [0.25, 0.3) is 15.9 Å². The third kappa shape index (κ3) is 3.91. The fourth-order valence-electron chi connectivity index (χ4n) is 2.83. The van der Waals surface area contributed by atoms with Crippen LogP contribution in [0, 0.1) is 12.7 Å². The first-order valence-electron chi connectivity index (χ1n) is 8.73. The maximum atomic E-state index is 13.4. The zero-order valence-electron chi connectivity index (χ0n) is 15.9. The first-order chi connectivity index (χ1) is 14.4. The normalized spacial score (nSPS) is 11.4. The first kappa shape index (κ1) is 20.0. The summed E-state index contributed by atoms with van der Waals surface area (Å²) in [6, 6.07) is 14.0. The van der Waals surface area contributed by atoms with Gasteiger partial charge < -0.3 is 9.26 Å². The average Bonchev–Trinajstić information content (AvgIpc) is 3.35. The van der Waals surface area contributed by atoms with Gasteiger partial charge in [0.2, 0.25) is 5.82 Å². The van der Waals surface area contributed by atoms with Crippen molar-refractivity contribution in [2.24, 2.45) is 0 Å². The van der Waals surface area contributed by atoms with Crippen molar-refractivity contribution in [2.45, 2.75) is 11.8 Å². The summed E-state index contributed by atoms with van der Waals surface area (Å²) in [4.78, 5) is 5.41. The zero-order chi connectivity index (χ0) is 21.3. The van der Waals surface area contributed by atoms with E-state index in [1.807, 2.05) is 0 Å². The van der Waals surface area contributed by atoms with Crippen LogP contribution in [0.3, 0.4) is 0 Å². The standard InChI is InChI=1S/C20H16FN3O4S2/c1-12-18(30(25,26)24-15-8-3-4-9-16(15)27-2)11-17(29-12)20-22-19(23-28-20)13-6-5-7-14(21)10-13/h3-11,24H,1-2H3. The molecule has 0 aliphatic heterocycles. The summed E-state index contributed by atoms with van der Waals surface area (Å²) in [7, 11) is -2.41. The minimum atomic E-state index is -3.87. The van der Waals surface area contributed by atoms with Crippen LogP contribution >= 0.6 is 11.3 Å². The molecule has 0 spiro atoms. The third-order valence-corrected chi connectivity index (χ3v) is 6.89. The third-order valence-electron chi connectivity index (χ3n) is 4.23. The number of thiophene rings is 1. The van der Waals surface area contributed by atoms with Gasteiger partial charge in [-0.2, -0.15) is 4.98 Å². The molecule has 2 aromatic heterocycles. The van der Waals surface area contributed by atoms with Gasteiger partial charge in [-0.05, 0) is 37.3 Å². The predicted molar refractivity (Wildman–Crippen MR) is 112 cm³/mol. The fraction of sp³-hybridized carbons (Fsp3) is 0.100. The summed E-state index contributed by atoms with van der Waals surface area (Å²) in [5, 5.41) is 3.87. The lowest BCUT2D eigenvalue weighted by Gasteiger charge is -2.11. The highest BCUT2D eigenvalue weighted by atomic mass is 32.2. The Labute approximate surface area is 176 Å². The smallest absolute Gasteiger partial charge is 0.268 e. The van der Waals surface area contributed by atoms with Gasteiger partial charge >= 0.3 is 0 Å². The number of ether oxygens (including phenoxy) is 1. The second-order valence-corrected chi connectivity index (χ2v) is 9.18. The zero-order valence-corrected chi connectivity index (χ0v) is 17.6. The minimum Gasteiger partial charge on any atom is -0.495 e. The van der Waals surface area contributed by atoms with Gasteiger partial charge in [0.1, 0.15) is 16.5 Å². The van der Waals surface area contributed by atoms with Crippen LogP contribution in [0.4, 0.5) is 10.1 Å². The SMILES string of the molecule is COc1ccccc1NS(=O)(=O)c1cc(-c2nc(-c3cccc(F)c3)no2)sc1C. The molecule has 154 valence electrons. The molecule has 7 nitrogen and oxygen atoms in total. The van der Waals surface area contributed by atoms with Crippen molar-refractivity contribution in [3.63, 3.8) is 0 Å². The number of hydrogen-bond acceptors (Lipinski definition) is 7. The van der Waals surface area contributed by atoms with Gasteiger partial charge in [0, 0.05) is 10.4 Å². The van der Waals surface area contributed by atoms with E-state index in [-0.39, 0.29) is 16.6 Å². The highest BCUT2D eigenvalue weighted by Crippen LogP contribution is 2.35. The maximum absolute atomic E-state index is 13.4. The van der Waals surface area contributed by atoms with Gasteiger partial charge in [0.15, 0.2) is 0 Å². The Bertz CT molecular complexity index is 1320. The molecule has 4 aromatic rings. The predicted octanol–water partition coefficient (Wildman–Crippen LogP) is 4.72. The lowest BCUT2D eigenvalue weighted by molar-refractivity contribution is 0.417.